The Hall–Kier alpha value is -0.870. The molecule has 0 saturated heterocycles. The van der Waals surface area contributed by atoms with Gasteiger partial charge in [0.1, 0.15) is 0 Å². The van der Waals surface area contributed by atoms with Crippen molar-refractivity contribution in [3.63, 3.8) is 0 Å². The highest BCUT2D eigenvalue weighted by Crippen LogP contribution is 2.20. The minimum absolute atomic E-state index is 0.0430. The summed E-state index contributed by atoms with van der Waals surface area (Å²) in [6, 6.07) is 5.96. The van der Waals surface area contributed by atoms with E-state index in [1.54, 1.807) is 0 Å². The molecule has 0 bridgehead atoms. The van der Waals surface area contributed by atoms with Gasteiger partial charge in [-0.2, -0.15) is 0 Å². The van der Waals surface area contributed by atoms with Crippen LogP contribution in [0.4, 0.5) is 5.69 Å². The van der Waals surface area contributed by atoms with E-state index in [-0.39, 0.29) is 11.9 Å². The first kappa shape index (κ1) is 14.2. The molecule has 0 heterocycles. The zero-order chi connectivity index (χ0) is 12.8. The normalized spacial score (nSPS) is 12.2. The van der Waals surface area contributed by atoms with Gasteiger partial charge in [0.15, 0.2) is 0 Å². The predicted molar refractivity (Wildman–Crippen MR) is 75.0 cm³/mol. The molecule has 1 atom stereocenters. The quantitative estimate of drug-likeness (QED) is 0.877. The van der Waals surface area contributed by atoms with Crippen LogP contribution in [0.2, 0.25) is 0 Å². The van der Waals surface area contributed by atoms with E-state index in [4.69, 9.17) is 5.73 Å². The average Bonchev–Trinajstić information content (AvgIpc) is 2.23. The molecule has 0 aliphatic carbocycles. The Balaban J connectivity index is 2.42. The van der Waals surface area contributed by atoms with Crippen molar-refractivity contribution in [2.45, 2.75) is 39.2 Å². The maximum atomic E-state index is 11.6. The topological polar surface area (TPSA) is 55.1 Å². The molecule has 0 aliphatic rings. The zero-order valence-corrected chi connectivity index (χ0v) is 11.9. The SMILES string of the molecule is Cc1ccc(NC(=O)CCCC(C)N)cc1Br. The summed E-state index contributed by atoms with van der Waals surface area (Å²) in [5.74, 6) is 0.0430. The van der Waals surface area contributed by atoms with Gasteiger partial charge in [-0.15, -0.1) is 0 Å². The van der Waals surface area contributed by atoms with Crippen LogP contribution >= 0.6 is 15.9 Å². The maximum absolute atomic E-state index is 11.6. The summed E-state index contributed by atoms with van der Waals surface area (Å²) in [7, 11) is 0. The molecule has 1 rings (SSSR count). The van der Waals surface area contributed by atoms with Crippen LogP contribution in [0, 0.1) is 6.92 Å². The second kappa shape index (κ2) is 6.77. The molecule has 94 valence electrons. The van der Waals surface area contributed by atoms with Crippen molar-refractivity contribution in [1.82, 2.24) is 0 Å². The number of halogens is 1. The van der Waals surface area contributed by atoms with Gasteiger partial charge in [-0.1, -0.05) is 22.0 Å². The lowest BCUT2D eigenvalue weighted by Crippen LogP contribution is -2.16. The van der Waals surface area contributed by atoms with Gasteiger partial charge in [-0.05, 0) is 44.4 Å². The second-order valence-corrected chi connectivity index (χ2v) is 5.24. The lowest BCUT2D eigenvalue weighted by molar-refractivity contribution is -0.116. The van der Waals surface area contributed by atoms with Crippen LogP contribution in [-0.4, -0.2) is 11.9 Å². The second-order valence-electron chi connectivity index (χ2n) is 4.38. The van der Waals surface area contributed by atoms with Crippen molar-refractivity contribution in [3.8, 4) is 0 Å². The molecular weight excluding hydrogens is 280 g/mol. The number of nitrogens with two attached hydrogens (primary N) is 1. The number of anilines is 1. The number of benzene rings is 1. The fourth-order valence-corrected chi connectivity index (χ4v) is 1.86. The number of carbonyl (C=O) groups is 1. The molecule has 1 aromatic rings. The number of hydrogen-bond acceptors (Lipinski definition) is 2. The molecule has 4 heteroatoms. The van der Waals surface area contributed by atoms with Crippen molar-refractivity contribution >= 4 is 27.5 Å². The van der Waals surface area contributed by atoms with Crippen LogP contribution in [0.15, 0.2) is 22.7 Å². The van der Waals surface area contributed by atoms with Gasteiger partial charge in [0.05, 0.1) is 0 Å². The predicted octanol–water partition coefficient (Wildman–Crippen LogP) is 3.21. The summed E-state index contributed by atoms with van der Waals surface area (Å²) in [4.78, 5) is 11.6. The Kier molecular flexibility index (Phi) is 5.65. The molecule has 1 amide bonds. The molecule has 0 fully saturated rings. The largest absolute Gasteiger partial charge is 0.328 e. The number of nitrogens with one attached hydrogen (secondary N) is 1. The third kappa shape index (κ3) is 5.33. The van der Waals surface area contributed by atoms with E-state index in [0.717, 1.165) is 28.6 Å². The fraction of sp³-hybridized carbons (Fsp3) is 0.462. The molecule has 1 unspecified atom stereocenters. The Bertz CT molecular complexity index is 391. The average molecular weight is 299 g/mol. The molecule has 0 radical (unpaired) electrons. The maximum Gasteiger partial charge on any atom is 0.224 e. The fourth-order valence-electron chi connectivity index (χ4n) is 1.48. The molecule has 0 aliphatic heterocycles. The number of amides is 1. The van der Waals surface area contributed by atoms with Gasteiger partial charge >= 0.3 is 0 Å². The number of aryl methyl sites for hydroxylation is 1. The van der Waals surface area contributed by atoms with Crippen LogP contribution in [0.5, 0.6) is 0 Å². The van der Waals surface area contributed by atoms with Crippen LogP contribution in [0.3, 0.4) is 0 Å². The van der Waals surface area contributed by atoms with Crippen LogP contribution < -0.4 is 11.1 Å². The van der Waals surface area contributed by atoms with Gasteiger partial charge in [0.2, 0.25) is 5.91 Å². The van der Waals surface area contributed by atoms with Crippen molar-refractivity contribution in [2.75, 3.05) is 5.32 Å². The van der Waals surface area contributed by atoms with Gasteiger partial charge in [0.25, 0.3) is 0 Å². The smallest absolute Gasteiger partial charge is 0.224 e. The first-order valence-electron chi connectivity index (χ1n) is 5.80. The van der Waals surface area contributed by atoms with E-state index in [2.05, 4.69) is 21.2 Å². The first-order valence-corrected chi connectivity index (χ1v) is 6.60. The minimum atomic E-state index is 0.0430. The summed E-state index contributed by atoms with van der Waals surface area (Å²) in [6.07, 6.45) is 2.23. The minimum Gasteiger partial charge on any atom is -0.328 e. The zero-order valence-electron chi connectivity index (χ0n) is 10.3. The Labute approximate surface area is 111 Å². The molecule has 0 saturated carbocycles. The van der Waals surface area contributed by atoms with Crippen molar-refractivity contribution in [3.05, 3.63) is 28.2 Å². The van der Waals surface area contributed by atoms with Crippen LogP contribution in [-0.2, 0) is 4.79 Å². The van der Waals surface area contributed by atoms with Crippen molar-refractivity contribution in [2.24, 2.45) is 5.73 Å². The summed E-state index contributed by atoms with van der Waals surface area (Å²) >= 11 is 3.44. The Morgan fingerprint density at radius 1 is 1.53 bits per heavy atom. The van der Waals surface area contributed by atoms with E-state index in [9.17, 15) is 4.79 Å². The van der Waals surface area contributed by atoms with Gasteiger partial charge in [-0.25, -0.2) is 0 Å². The number of hydrogen-bond donors (Lipinski definition) is 2. The molecule has 3 nitrogen and oxygen atoms in total. The number of rotatable bonds is 5. The van der Waals surface area contributed by atoms with E-state index >= 15 is 0 Å². The van der Waals surface area contributed by atoms with Crippen LogP contribution in [0.25, 0.3) is 0 Å². The summed E-state index contributed by atoms with van der Waals surface area (Å²) in [5.41, 5.74) is 7.61. The highest BCUT2D eigenvalue weighted by molar-refractivity contribution is 9.10. The Morgan fingerprint density at radius 3 is 2.82 bits per heavy atom. The van der Waals surface area contributed by atoms with Gasteiger partial charge < -0.3 is 11.1 Å². The number of carbonyl (C=O) groups excluding carboxylic acids is 1. The van der Waals surface area contributed by atoms with Crippen molar-refractivity contribution < 1.29 is 4.79 Å². The molecule has 0 spiro atoms. The van der Waals surface area contributed by atoms with E-state index in [1.165, 1.54) is 0 Å². The molecule has 17 heavy (non-hydrogen) atoms. The van der Waals surface area contributed by atoms with E-state index < -0.39 is 0 Å². The third-order valence-corrected chi connectivity index (χ3v) is 3.37. The Morgan fingerprint density at radius 2 is 2.24 bits per heavy atom. The lowest BCUT2D eigenvalue weighted by Gasteiger charge is -2.08. The summed E-state index contributed by atoms with van der Waals surface area (Å²) in [6.45, 7) is 3.97. The molecular formula is C13H19BrN2O. The molecule has 3 N–H and O–H groups in total. The third-order valence-electron chi connectivity index (χ3n) is 2.52. The van der Waals surface area contributed by atoms with E-state index in [0.29, 0.717) is 6.42 Å². The highest BCUT2D eigenvalue weighted by Gasteiger charge is 2.04. The van der Waals surface area contributed by atoms with Crippen LogP contribution in [0.1, 0.15) is 31.7 Å². The monoisotopic (exact) mass is 298 g/mol. The van der Waals surface area contributed by atoms with Gasteiger partial charge in [0, 0.05) is 22.6 Å². The molecule has 1 aromatic carbocycles. The summed E-state index contributed by atoms with van der Waals surface area (Å²) in [5, 5.41) is 2.87. The van der Waals surface area contributed by atoms with E-state index in [1.807, 2.05) is 32.0 Å². The highest BCUT2D eigenvalue weighted by atomic mass is 79.9. The molecule has 0 aromatic heterocycles. The first-order chi connectivity index (χ1) is 7.99. The lowest BCUT2D eigenvalue weighted by atomic mass is 10.1. The summed E-state index contributed by atoms with van der Waals surface area (Å²) < 4.78 is 1.01. The standard InChI is InChI=1S/C13H19BrN2O/c1-9-6-7-11(8-12(9)14)16-13(17)5-3-4-10(2)15/h6-8,10H,3-5,15H2,1-2H3,(H,16,17). The van der Waals surface area contributed by atoms with Gasteiger partial charge in [-0.3, -0.25) is 4.79 Å². The van der Waals surface area contributed by atoms with Crippen molar-refractivity contribution in [1.29, 1.82) is 0 Å².